The Morgan fingerprint density at radius 3 is 2.40 bits per heavy atom. The second kappa shape index (κ2) is 12.4. The zero-order valence-corrected chi connectivity index (χ0v) is 18.0. The van der Waals surface area contributed by atoms with E-state index in [4.69, 9.17) is 0 Å². The summed E-state index contributed by atoms with van der Waals surface area (Å²) in [4.78, 5) is 10.5. The van der Waals surface area contributed by atoms with Crippen LogP contribution in [0.5, 0.6) is 0 Å². The molecule has 0 aromatic carbocycles. The standard InChI is InChI=1S/C16H30F2N6.HI/c1-12(2)23(13(3)4)9-6-7-21-16(19-5)22-11-14-20-8-10-24(14)15(17)18;/h8,10,12-13,15H,6-7,9,11H2,1-5H3,(H2,19,21,22);1H. The normalized spacial score (nSPS) is 12.2. The van der Waals surface area contributed by atoms with E-state index in [1.165, 1.54) is 12.4 Å². The lowest BCUT2D eigenvalue weighted by atomic mass is 10.2. The van der Waals surface area contributed by atoms with Gasteiger partial charge in [0.05, 0.1) is 6.54 Å². The third kappa shape index (κ3) is 8.30. The van der Waals surface area contributed by atoms with Crippen molar-refractivity contribution in [2.75, 3.05) is 20.1 Å². The summed E-state index contributed by atoms with van der Waals surface area (Å²) in [5.41, 5.74) is 0. The molecule has 6 nitrogen and oxygen atoms in total. The van der Waals surface area contributed by atoms with Crippen LogP contribution < -0.4 is 10.6 Å². The predicted molar refractivity (Wildman–Crippen MR) is 109 cm³/mol. The Kier molecular flexibility index (Phi) is 11.9. The number of alkyl halides is 2. The highest BCUT2D eigenvalue weighted by molar-refractivity contribution is 14.0. The fourth-order valence-corrected chi connectivity index (χ4v) is 2.62. The molecule has 146 valence electrons. The van der Waals surface area contributed by atoms with E-state index in [0.717, 1.165) is 24.1 Å². The summed E-state index contributed by atoms with van der Waals surface area (Å²) in [7, 11) is 1.66. The molecule has 0 aliphatic heterocycles. The maximum atomic E-state index is 12.8. The van der Waals surface area contributed by atoms with Crippen LogP contribution in [0.3, 0.4) is 0 Å². The first-order chi connectivity index (χ1) is 11.4. The van der Waals surface area contributed by atoms with E-state index in [2.05, 4.69) is 53.2 Å². The zero-order valence-electron chi connectivity index (χ0n) is 15.7. The van der Waals surface area contributed by atoms with Crippen LogP contribution in [-0.4, -0.2) is 52.6 Å². The van der Waals surface area contributed by atoms with Crippen LogP contribution in [0.1, 0.15) is 46.5 Å². The van der Waals surface area contributed by atoms with Crippen molar-refractivity contribution < 1.29 is 8.78 Å². The summed E-state index contributed by atoms with van der Waals surface area (Å²) >= 11 is 0. The van der Waals surface area contributed by atoms with Crippen LogP contribution in [0.4, 0.5) is 8.78 Å². The van der Waals surface area contributed by atoms with Gasteiger partial charge in [-0.2, -0.15) is 8.78 Å². The van der Waals surface area contributed by atoms with Crippen molar-refractivity contribution in [1.82, 2.24) is 25.1 Å². The fourth-order valence-electron chi connectivity index (χ4n) is 2.62. The molecule has 0 unspecified atom stereocenters. The topological polar surface area (TPSA) is 57.5 Å². The van der Waals surface area contributed by atoms with Crippen LogP contribution in [-0.2, 0) is 6.54 Å². The monoisotopic (exact) mass is 472 g/mol. The summed E-state index contributed by atoms with van der Waals surface area (Å²) in [6, 6.07) is 1.02. The van der Waals surface area contributed by atoms with E-state index in [1.807, 2.05) is 0 Å². The molecular weight excluding hydrogens is 441 g/mol. The Balaban J connectivity index is 0.00000576. The van der Waals surface area contributed by atoms with Crippen LogP contribution in [0.15, 0.2) is 17.4 Å². The maximum Gasteiger partial charge on any atom is 0.319 e. The molecule has 0 aliphatic carbocycles. The highest BCUT2D eigenvalue weighted by atomic mass is 127. The third-order valence-electron chi connectivity index (χ3n) is 3.81. The van der Waals surface area contributed by atoms with E-state index < -0.39 is 6.55 Å². The van der Waals surface area contributed by atoms with E-state index in [0.29, 0.717) is 18.0 Å². The molecule has 0 atom stereocenters. The molecule has 2 N–H and O–H groups in total. The molecule has 0 fully saturated rings. The van der Waals surface area contributed by atoms with Gasteiger partial charge in [-0.25, -0.2) is 4.98 Å². The number of halogens is 3. The average Bonchev–Trinajstić information content (AvgIpc) is 2.97. The van der Waals surface area contributed by atoms with Gasteiger partial charge in [-0.15, -0.1) is 24.0 Å². The molecule has 1 heterocycles. The largest absolute Gasteiger partial charge is 0.356 e. The summed E-state index contributed by atoms with van der Waals surface area (Å²) in [6.07, 6.45) is 3.61. The first-order valence-electron chi connectivity index (χ1n) is 8.37. The van der Waals surface area contributed by atoms with Crippen LogP contribution in [0, 0.1) is 0 Å². The number of imidazole rings is 1. The molecule has 25 heavy (non-hydrogen) atoms. The number of aliphatic imine (C=N–C) groups is 1. The van der Waals surface area contributed by atoms with Crippen LogP contribution in [0.25, 0.3) is 0 Å². The minimum atomic E-state index is -2.59. The van der Waals surface area contributed by atoms with Gasteiger partial charge in [0.2, 0.25) is 0 Å². The zero-order chi connectivity index (χ0) is 18.1. The quantitative estimate of drug-likeness (QED) is 0.251. The van der Waals surface area contributed by atoms with Gasteiger partial charge in [0.1, 0.15) is 5.82 Å². The van der Waals surface area contributed by atoms with Gasteiger partial charge in [-0.1, -0.05) is 0 Å². The molecule has 0 spiro atoms. The summed E-state index contributed by atoms with van der Waals surface area (Å²) in [5.74, 6) is 0.859. The Morgan fingerprint density at radius 2 is 1.88 bits per heavy atom. The smallest absolute Gasteiger partial charge is 0.319 e. The summed E-state index contributed by atoms with van der Waals surface area (Å²) < 4.78 is 26.4. The molecule has 1 rings (SSSR count). The molecule has 0 aliphatic rings. The van der Waals surface area contributed by atoms with Gasteiger partial charge in [-0.3, -0.25) is 14.5 Å². The summed E-state index contributed by atoms with van der Waals surface area (Å²) in [5, 5.41) is 6.21. The van der Waals surface area contributed by atoms with Gasteiger partial charge >= 0.3 is 6.55 Å². The van der Waals surface area contributed by atoms with Crippen molar-refractivity contribution in [3.05, 3.63) is 18.2 Å². The first kappa shape index (κ1) is 24.0. The summed E-state index contributed by atoms with van der Waals surface area (Å²) in [6.45, 7) is 8.14. The fraction of sp³-hybridized carbons (Fsp3) is 0.750. The van der Waals surface area contributed by atoms with Crippen molar-refractivity contribution in [2.24, 2.45) is 4.99 Å². The molecule has 1 aromatic rings. The number of hydrogen-bond acceptors (Lipinski definition) is 3. The van der Waals surface area contributed by atoms with Crippen LogP contribution in [0.2, 0.25) is 0 Å². The van der Waals surface area contributed by atoms with Crippen molar-refractivity contribution in [3.8, 4) is 0 Å². The molecular formula is C16H31F2IN6. The minimum absolute atomic E-state index is 0. The number of hydrogen-bond donors (Lipinski definition) is 2. The molecule has 9 heteroatoms. The van der Waals surface area contributed by atoms with Crippen molar-refractivity contribution >= 4 is 29.9 Å². The van der Waals surface area contributed by atoms with Crippen molar-refractivity contribution in [1.29, 1.82) is 0 Å². The second-order valence-corrected chi connectivity index (χ2v) is 6.16. The highest BCUT2D eigenvalue weighted by Crippen LogP contribution is 2.11. The number of nitrogens with one attached hydrogen (secondary N) is 2. The van der Waals surface area contributed by atoms with E-state index in [1.54, 1.807) is 7.05 Å². The van der Waals surface area contributed by atoms with Crippen molar-refractivity contribution in [2.45, 2.75) is 59.3 Å². The number of rotatable bonds is 9. The van der Waals surface area contributed by atoms with Gasteiger partial charge in [-0.05, 0) is 34.1 Å². The number of aromatic nitrogens is 2. The molecule has 0 saturated carbocycles. The van der Waals surface area contributed by atoms with Crippen molar-refractivity contribution in [3.63, 3.8) is 0 Å². The Labute approximate surface area is 166 Å². The SMILES string of the molecule is CN=C(NCCCN(C(C)C)C(C)C)NCc1nccn1C(F)F.I. The second-order valence-electron chi connectivity index (χ2n) is 6.16. The number of nitrogens with zero attached hydrogens (tertiary/aromatic N) is 4. The average molecular weight is 472 g/mol. The van der Waals surface area contributed by atoms with E-state index in [-0.39, 0.29) is 36.3 Å². The van der Waals surface area contributed by atoms with Gasteiger partial charge in [0.15, 0.2) is 5.96 Å². The Hall–Kier alpha value is -0.970. The Morgan fingerprint density at radius 1 is 1.24 bits per heavy atom. The lowest BCUT2D eigenvalue weighted by molar-refractivity contribution is 0.0668. The molecule has 0 bridgehead atoms. The maximum absolute atomic E-state index is 12.8. The lowest BCUT2D eigenvalue weighted by Gasteiger charge is -2.30. The molecule has 1 aromatic heterocycles. The third-order valence-corrected chi connectivity index (χ3v) is 3.81. The molecule has 0 radical (unpaired) electrons. The molecule has 0 amide bonds. The predicted octanol–water partition coefficient (Wildman–Crippen LogP) is 3.07. The van der Waals surface area contributed by atoms with Gasteiger partial charge in [0.25, 0.3) is 0 Å². The number of guanidine groups is 1. The van der Waals surface area contributed by atoms with E-state index >= 15 is 0 Å². The first-order valence-corrected chi connectivity index (χ1v) is 8.37. The van der Waals surface area contributed by atoms with Gasteiger partial charge in [0, 0.05) is 44.6 Å². The lowest BCUT2D eigenvalue weighted by Crippen LogP contribution is -2.41. The highest BCUT2D eigenvalue weighted by Gasteiger charge is 2.13. The Bertz CT molecular complexity index is 497. The van der Waals surface area contributed by atoms with E-state index in [9.17, 15) is 8.78 Å². The van der Waals surface area contributed by atoms with Gasteiger partial charge < -0.3 is 10.6 Å². The minimum Gasteiger partial charge on any atom is -0.356 e. The molecule has 0 saturated heterocycles. The van der Waals surface area contributed by atoms with Crippen LogP contribution >= 0.6 is 24.0 Å².